The van der Waals surface area contributed by atoms with Crippen molar-refractivity contribution in [3.05, 3.63) is 35.4 Å². The molecule has 7 nitrogen and oxygen atoms in total. The monoisotopic (exact) mass is 325 g/mol. The van der Waals surface area contributed by atoms with E-state index in [4.69, 9.17) is 13.7 Å². The molecule has 0 atom stereocenters. The smallest absolute Gasteiger partial charge is 0.289 e. The van der Waals surface area contributed by atoms with E-state index in [1.54, 1.807) is 32.0 Å². The summed E-state index contributed by atoms with van der Waals surface area (Å²) in [7, 11) is 3.28. The highest BCUT2D eigenvalue weighted by Gasteiger charge is 2.18. The van der Waals surface area contributed by atoms with Crippen LogP contribution in [0.3, 0.4) is 0 Å². The third kappa shape index (κ3) is 4.35. The number of hydrogen-bond donors (Lipinski definition) is 0. The number of carbonyl (C=O) groups is 1. The van der Waals surface area contributed by atoms with Crippen molar-refractivity contribution in [1.29, 1.82) is 0 Å². The van der Waals surface area contributed by atoms with E-state index in [-0.39, 0.29) is 12.5 Å². The molecular weight excluding hydrogens is 306 g/mol. The van der Waals surface area contributed by atoms with Crippen molar-refractivity contribution in [2.24, 2.45) is 0 Å². The first-order chi connectivity index (χ1) is 10.6. The second-order valence-electron chi connectivity index (χ2n) is 4.71. The van der Waals surface area contributed by atoms with Crippen LogP contribution in [0.1, 0.15) is 28.0 Å². The molecule has 0 fully saturated rings. The van der Waals surface area contributed by atoms with Gasteiger partial charge in [0.1, 0.15) is 12.3 Å². The average molecular weight is 325 g/mol. The van der Waals surface area contributed by atoms with E-state index in [9.17, 15) is 4.79 Å². The Morgan fingerprint density at radius 3 is 3.00 bits per heavy atom. The second-order valence-corrected chi connectivity index (χ2v) is 5.57. The summed E-state index contributed by atoms with van der Waals surface area (Å²) in [4.78, 5) is 18.0. The maximum Gasteiger partial charge on any atom is 0.289 e. The summed E-state index contributed by atoms with van der Waals surface area (Å²) in [5, 5.41) is 3.84. The van der Waals surface area contributed by atoms with Crippen molar-refractivity contribution in [3.8, 4) is 0 Å². The number of furan rings is 1. The van der Waals surface area contributed by atoms with Gasteiger partial charge in [-0.25, -0.2) is 0 Å². The summed E-state index contributed by atoms with van der Waals surface area (Å²) < 4.78 is 15.6. The van der Waals surface area contributed by atoms with Crippen LogP contribution in [0, 0.1) is 0 Å². The molecule has 0 spiro atoms. The van der Waals surface area contributed by atoms with E-state index in [2.05, 4.69) is 10.1 Å². The minimum Gasteiger partial charge on any atom is -0.455 e. The van der Waals surface area contributed by atoms with Gasteiger partial charge < -0.3 is 18.6 Å². The van der Waals surface area contributed by atoms with Gasteiger partial charge in [-0.15, -0.1) is 0 Å². The van der Waals surface area contributed by atoms with Gasteiger partial charge in [-0.05, 0) is 18.4 Å². The van der Waals surface area contributed by atoms with Crippen molar-refractivity contribution >= 4 is 17.7 Å². The zero-order valence-corrected chi connectivity index (χ0v) is 13.7. The molecule has 2 heterocycles. The number of ether oxygens (including phenoxy) is 1. The van der Waals surface area contributed by atoms with Gasteiger partial charge in [-0.2, -0.15) is 16.7 Å². The summed E-state index contributed by atoms with van der Waals surface area (Å²) in [5.74, 6) is 2.57. The molecule has 22 heavy (non-hydrogen) atoms. The van der Waals surface area contributed by atoms with Crippen molar-refractivity contribution in [2.75, 3.05) is 27.0 Å². The number of rotatable bonds is 8. The van der Waals surface area contributed by atoms with Gasteiger partial charge in [0.15, 0.2) is 11.6 Å². The lowest BCUT2D eigenvalue weighted by Crippen LogP contribution is -2.26. The van der Waals surface area contributed by atoms with E-state index in [0.717, 1.165) is 11.5 Å². The van der Waals surface area contributed by atoms with Gasteiger partial charge in [0, 0.05) is 20.6 Å². The lowest BCUT2D eigenvalue weighted by molar-refractivity contribution is 0.0736. The zero-order valence-electron chi connectivity index (χ0n) is 12.9. The Hall–Kier alpha value is -1.80. The molecule has 0 N–H and O–H groups in total. The molecule has 0 saturated heterocycles. The van der Waals surface area contributed by atoms with Crippen LogP contribution in [-0.2, 0) is 23.5 Å². The summed E-state index contributed by atoms with van der Waals surface area (Å²) in [5.41, 5.74) is 0. The highest BCUT2D eigenvalue weighted by atomic mass is 32.2. The molecule has 0 aliphatic rings. The molecule has 1 amide bonds. The highest BCUT2D eigenvalue weighted by Crippen LogP contribution is 2.15. The van der Waals surface area contributed by atoms with Crippen LogP contribution in [0.15, 0.2) is 21.1 Å². The summed E-state index contributed by atoms with van der Waals surface area (Å²) in [6.45, 7) is 0.760. The fraction of sp³-hybridized carbons (Fsp3) is 0.500. The molecule has 2 aromatic rings. The average Bonchev–Trinajstić information content (AvgIpc) is 3.14. The van der Waals surface area contributed by atoms with Crippen LogP contribution in [0.2, 0.25) is 0 Å². The lowest BCUT2D eigenvalue weighted by atomic mass is 10.4. The third-order valence-electron chi connectivity index (χ3n) is 2.92. The van der Waals surface area contributed by atoms with Crippen LogP contribution in [0.4, 0.5) is 0 Å². The predicted octanol–water partition coefficient (Wildman–Crippen LogP) is 1.99. The second kappa shape index (κ2) is 8.00. The summed E-state index contributed by atoms with van der Waals surface area (Å²) >= 11 is 1.64. The van der Waals surface area contributed by atoms with Gasteiger partial charge in [0.05, 0.1) is 12.4 Å². The van der Waals surface area contributed by atoms with Crippen molar-refractivity contribution < 1.29 is 18.5 Å². The first-order valence-corrected chi connectivity index (χ1v) is 8.17. The van der Waals surface area contributed by atoms with Crippen LogP contribution in [0.25, 0.3) is 0 Å². The number of thioether (sulfide) groups is 1. The Morgan fingerprint density at radius 1 is 1.45 bits per heavy atom. The Labute approximate surface area is 133 Å². The first kappa shape index (κ1) is 16.6. The molecule has 2 aromatic heterocycles. The minimum atomic E-state index is -0.219. The van der Waals surface area contributed by atoms with E-state index in [1.165, 1.54) is 4.90 Å². The Kier molecular flexibility index (Phi) is 6.02. The van der Waals surface area contributed by atoms with Gasteiger partial charge in [-0.3, -0.25) is 4.79 Å². The van der Waals surface area contributed by atoms with E-state index in [0.29, 0.717) is 30.5 Å². The van der Waals surface area contributed by atoms with Crippen LogP contribution >= 0.6 is 11.8 Å². The normalized spacial score (nSPS) is 10.9. The standard InChI is InChI=1S/C14H19N3O4S/c1-17(8-13-15-12(16-21-13)6-7-19-2)14(18)11-5-4-10(20-11)9-22-3/h4-5H,6-9H2,1-3H3. The predicted molar refractivity (Wildman–Crippen MR) is 81.6 cm³/mol. The van der Waals surface area contributed by atoms with Gasteiger partial charge in [-0.1, -0.05) is 5.16 Å². The first-order valence-electron chi connectivity index (χ1n) is 6.77. The number of aromatic nitrogens is 2. The summed E-state index contributed by atoms with van der Waals surface area (Å²) in [6.07, 6.45) is 2.56. The molecule has 0 saturated carbocycles. The minimum absolute atomic E-state index is 0.219. The van der Waals surface area contributed by atoms with E-state index < -0.39 is 0 Å². The lowest BCUT2D eigenvalue weighted by Gasteiger charge is -2.12. The Balaban J connectivity index is 1.93. The molecule has 120 valence electrons. The van der Waals surface area contributed by atoms with Gasteiger partial charge >= 0.3 is 0 Å². The highest BCUT2D eigenvalue weighted by molar-refractivity contribution is 7.97. The molecule has 0 aromatic carbocycles. The fourth-order valence-corrected chi connectivity index (χ4v) is 2.26. The molecular formula is C14H19N3O4S. The zero-order chi connectivity index (χ0) is 15.9. The van der Waals surface area contributed by atoms with E-state index in [1.807, 2.05) is 12.3 Å². The number of carbonyl (C=O) groups excluding carboxylic acids is 1. The molecule has 8 heteroatoms. The molecule has 0 aliphatic carbocycles. The van der Waals surface area contributed by atoms with Gasteiger partial charge in [0.25, 0.3) is 5.91 Å². The maximum atomic E-state index is 12.3. The van der Waals surface area contributed by atoms with Gasteiger partial charge in [0.2, 0.25) is 5.89 Å². The van der Waals surface area contributed by atoms with Crippen LogP contribution < -0.4 is 0 Å². The van der Waals surface area contributed by atoms with Crippen LogP contribution in [0.5, 0.6) is 0 Å². The SMILES string of the molecule is COCCc1noc(CN(C)C(=O)c2ccc(CSC)o2)n1. The third-order valence-corrected chi connectivity index (χ3v) is 3.49. The van der Waals surface area contributed by atoms with E-state index >= 15 is 0 Å². The molecule has 0 bridgehead atoms. The van der Waals surface area contributed by atoms with Crippen molar-refractivity contribution in [1.82, 2.24) is 15.0 Å². The Morgan fingerprint density at radius 2 is 2.27 bits per heavy atom. The topological polar surface area (TPSA) is 81.6 Å². The van der Waals surface area contributed by atoms with Crippen molar-refractivity contribution in [2.45, 2.75) is 18.7 Å². The number of hydrogen-bond acceptors (Lipinski definition) is 7. The molecule has 2 rings (SSSR count). The molecule has 0 unspecified atom stereocenters. The van der Waals surface area contributed by atoms with Crippen molar-refractivity contribution in [3.63, 3.8) is 0 Å². The van der Waals surface area contributed by atoms with Crippen LogP contribution in [-0.4, -0.2) is 48.0 Å². The molecule has 0 aliphatic heterocycles. The fourth-order valence-electron chi connectivity index (χ4n) is 1.82. The molecule has 0 radical (unpaired) electrons. The Bertz CT molecular complexity index is 611. The largest absolute Gasteiger partial charge is 0.455 e. The maximum absolute atomic E-state index is 12.3. The summed E-state index contributed by atoms with van der Waals surface area (Å²) in [6, 6.07) is 3.50. The number of amides is 1. The quantitative estimate of drug-likeness (QED) is 0.734. The number of nitrogens with zero attached hydrogens (tertiary/aromatic N) is 3. The number of methoxy groups -OCH3 is 1.